The van der Waals surface area contributed by atoms with Crippen molar-refractivity contribution in [1.82, 2.24) is 0 Å². The van der Waals surface area contributed by atoms with Crippen LogP contribution < -0.4 is 47.9 Å². The zero-order valence-electron chi connectivity index (χ0n) is 7.46. The molecule has 0 saturated heterocycles. The molecule has 0 amide bonds. The van der Waals surface area contributed by atoms with Crippen LogP contribution in [0.1, 0.15) is 25.7 Å². The van der Waals surface area contributed by atoms with Crippen LogP contribution in [0.15, 0.2) is 0 Å². The maximum Gasteiger partial charge on any atom is 1.00 e. The van der Waals surface area contributed by atoms with Gasteiger partial charge in [0.15, 0.2) is 0 Å². The number of aliphatic carboxylic acids is 2. The quantitative estimate of drug-likeness (QED) is 0.294. The van der Waals surface area contributed by atoms with Crippen LogP contribution in [0.25, 0.3) is 0 Å². The largest absolute Gasteiger partial charge is 1.00 e. The first-order chi connectivity index (χ1) is 4.63. The van der Waals surface area contributed by atoms with E-state index in [4.69, 9.17) is 0 Å². The van der Waals surface area contributed by atoms with Crippen LogP contribution in [0.5, 0.6) is 0 Å². The van der Waals surface area contributed by atoms with E-state index in [9.17, 15) is 19.8 Å². The molecule has 0 aromatic heterocycles. The number of carboxylic acid groups (broad SMARTS) is 2. The summed E-state index contributed by atoms with van der Waals surface area (Å²) in [7, 11) is 0. The summed E-state index contributed by atoms with van der Waals surface area (Å²) in [4.78, 5) is 19.5. The van der Waals surface area contributed by atoms with Crippen molar-refractivity contribution in [3.05, 3.63) is 0 Å². The Morgan fingerprint density at radius 3 is 1.25 bits per heavy atom. The van der Waals surface area contributed by atoms with Gasteiger partial charge in [-0.25, -0.2) is 0 Å². The van der Waals surface area contributed by atoms with Crippen LogP contribution in [0.2, 0.25) is 0 Å². The summed E-state index contributed by atoms with van der Waals surface area (Å²) in [6, 6.07) is 0. The van der Waals surface area contributed by atoms with E-state index in [0.717, 1.165) is 0 Å². The Morgan fingerprint density at radius 1 is 0.833 bits per heavy atom. The van der Waals surface area contributed by atoms with Crippen LogP contribution >= 0.6 is 0 Å². The number of hydrogen-bond acceptors (Lipinski definition) is 4. The zero-order valence-corrected chi connectivity index (χ0v) is 7.46. The second kappa shape index (κ2) is 11.1. The predicted molar refractivity (Wildman–Crippen MR) is 28.5 cm³/mol. The predicted octanol–water partition coefficient (Wildman–Crippen LogP) is -7.95. The Morgan fingerprint density at radius 2 is 1.08 bits per heavy atom. The third-order valence-electron chi connectivity index (χ3n) is 1.01. The van der Waals surface area contributed by atoms with Gasteiger partial charge in [0.25, 0.3) is 0 Å². The smallest absolute Gasteiger partial charge is 0.550 e. The van der Waals surface area contributed by atoms with Gasteiger partial charge in [0.2, 0.25) is 0 Å². The van der Waals surface area contributed by atoms with Crippen molar-refractivity contribution in [1.29, 1.82) is 0 Å². The third kappa shape index (κ3) is 16.6. The molecule has 0 spiro atoms. The van der Waals surface area contributed by atoms with Gasteiger partial charge in [-0.2, -0.15) is 0 Å². The van der Waals surface area contributed by atoms with Gasteiger partial charge in [-0.1, -0.05) is 0 Å². The average molecular weight is 158 g/mol. The van der Waals surface area contributed by atoms with Gasteiger partial charge in [-0.05, 0) is 25.7 Å². The van der Waals surface area contributed by atoms with E-state index < -0.39 is 11.9 Å². The number of carboxylic acids is 2. The molecule has 12 heavy (non-hydrogen) atoms. The molecule has 0 atom stereocenters. The summed E-state index contributed by atoms with van der Waals surface area (Å²) >= 11 is 0. The molecular weight excluding hydrogens is 150 g/mol. The molecule has 0 saturated carbocycles. The Bertz CT molecular complexity index is 122. The Kier molecular flexibility index (Phi) is 16.7. The van der Waals surface area contributed by atoms with Crippen molar-refractivity contribution in [3.8, 4) is 0 Å². The standard InChI is InChI=1S/C6H10O4.2Li/c7-5(8)3-1-2-4-6(9)10;;/h1-4H2,(H,7,8)(H,9,10);;/q;2*+1/p-2. The molecule has 58 valence electrons. The molecular formula is C6H8Li2O4. The molecule has 0 bridgehead atoms. The van der Waals surface area contributed by atoms with Crippen molar-refractivity contribution in [3.63, 3.8) is 0 Å². The molecule has 0 aliphatic carbocycles. The van der Waals surface area contributed by atoms with Crippen LogP contribution in [0.4, 0.5) is 0 Å². The van der Waals surface area contributed by atoms with Crippen LogP contribution in [-0.2, 0) is 9.59 Å². The van der Waals surface area contributed by atoms with Crippen LogP contribution in [-0.4, -0.2) is 11.9 Å². The molecule has 0 heterocycles. The van der Waals surface area contributed by atoms with E-state index >= 15 is 0 Å². The number of unbranched alkanes of at least 4 members (excludes halogenated alkanes) is 1. The average Bonchev–Trinajstić information content (AvgIpc) is 1.79. The van der Waals surface area contributed by atoms with Gasteiger partial charge in [-0.3, -0.25) is 0 Å². The normalized spacial score (nSPS) is 7.67. The van der Waals surface area contributed by atoms with Crippen molar-refractivity contribution in [2.45, 2.75) is 25.7 Å². The van der Waals surface area contributed by atoms with Crippen molar-refractivity contribution >= 4 is 11.9 Å². The maximum atomic E-state index is 9.77. The minimum Gasteiger partial charge on any atom is -0.550 e. The molecule has 0 rings (SSSR count). The fourth-order valence-corrected chi connectivity index (χ4v) is 0.539. The van der Waals surface area contributed by atoms with Gasteiger partial charge < -0.3 is 19.8 Å². The van der Waals surface area contributed by atoms with Crippen LogP contribution in [0.3, 0.4) is 0 Å². The third-order valence-corrected chi connectivity index (χ3v) is 1.01. The molecule has 6 heteroatoms. The van der Waals surface area contributed by atoms with E-state index in [2.05, 4.69) is 0 Å². The molecule has 0 aromatic carbocycles. The van der Waals surface area contributed by atoms with Crippen molar-refractivity contribution < 1.29 is 57.5 Å². The molecule has 0 aliphatic rings. The van der Waals surface area contributed by atoms with E-state index in [1.807, 2.05) is 0 Å². The summed E-state index contributed by atoms with van der Waals surface area (Å²) in [6.07, 6.45) is 0.535. The minimum absolute atomic E-state index is 0. The van der Waals surface area contributed by atoms with E-state index in [-0.39, 0.29) is 50.6 Å². The second-order valence-electron chi connectivity index (χ2n) is 1.95. The Balaban J connectivity index is -0.000000405. The van der Waals surface area contributed by atoms with Gasteiger partial charge in [0, 0.05) is 11.9 Å². The van der Waals surface area contributed by atoms with E-state index in [1.165, 1.54) is 0 Å². The molecule has 0 unspecified atom stereocenters. The first kappa shape index (κ1) is 18.0. The number of hydrogen-bond donors (Lipinski definition) is 0. The molecule has 0 N–H and O–H groups in total. The van der Waals surface area contributed by atoms with Gasteiger partial charge in [0.1, 0.15) is 0 Å². The molecule has 0 fully saturated rings. The second-order valence-corrected chi connectivity index (χ2v) is 1.95. The summed E-state index contributed by atoms with van der Waals surface area (Å²) in [5.41, 5.74) is 0. The molecule has 0 aromatic rings. The topological polar surface area (TPSA) is 80.3 Å². The molecule has 0 aliphatic heterocycles. The van der Waals surface area contributed by atoms with Gasteiger partial charge in [0.05, 0.1) is 0 Å². The Hall–Kier alpha value is 0.135. The van der Waals surface area contributed by atoms with E-state index in [0.29, 0.717) is 12.8 Å². The van der Waals surface area contributed by atoms with Gasteiger partial charge >= 0.3 is 37.7 Å². The first-order valence-electron chi connectivity index (χ1n) is 3.02. The first-order valence-corrected chi connectivity index (χ1v) is 3.02. The minimum atomic E-state index is -1.14. The summed E-state index contributed by atoms with van der Waals surface area (Å²) in [5, 5.41) is 19.5. The Labute approximate surface area is 95.1 Å². The monoisotopic (exact) mass is 158 g/mol. The molecule has 0 radical (unpaired) electrons. The number of carbonyl (C=O) groups is 2. The fourth-order valence-electron chi connectivity index (χ4n) is 0.539. The summed E-state index contributed by atoms with van der Waals surface area (Å²) in [6.45, 7) is 0. The van der Waals surface area contributed by atoms with Crippen molar-refractivity contribution in [2.24, 2.45) is 0 Å². The molecule has 4 nitrogen and oxygen atoms in total. The number of carbonyl (C=O) groups excluding carboxylic acids is 2. The van der Waals surface area contributed by atoms with Crippen LogP contribution in [0, 0.1) is 0 Å². The maximum absolute atomic E-state index is 9.77. The summed E-state index contributed by atoms with van der Waals surface area (Å²) < 4.78 is 0. The van der Waals surface area contributed by atoms with Gasteiger partial charge in [-0.15, -0.1) is 0 Å². The fraction of sp³-hybridized carbons (Fsp3) is 0.667. The number of rotatable bonds is 5. The van der Waals surface area contributed by atoms with Crippen molar-refractivity contribution in [2.75, 3.05) is 0 Å². The zero-order chi connectivity index (χ0) is 7.98. The summed E-state index contributed by atoms with van der Waals surface area (Å²) in [5.74, 6) is -2.28. The van der Waals surface area contributed by atoms with E-state index in [1.54, 1.807) is 0 Å². The SMILES string of the molecule is O=C([O-])CCCCC(=O)[O-].[Li+].[Li+].